The van der Waals surface area contributed by atoms with Gasteiger partial charge in [-0.3, -0.25) is 4.79 Å². The summed E-state index contributed by atoms with van der Waals surface area (Å²) < 4.78 is 0. The lowest BCUT2D eigenvalue weighted by Crippen LogP contribution is -2.25. The Labute approximate surface area is 66.8 Å². The standard InChI is InChI=1S/C8H15NO2/c1-5(2)6-3-9-4-7(6)8(10)11/h5-7,9H,3-4H2,1-2H3,(H,10,11)/t6-,7-/m1/s1. The zero-order valence-electron chi connectivity index (χ0n) is 7.00. The van der Waals surface area contributed by atoms with Crippen molar-refractivity contribution in [3.8, 4) is 0 Å². The summed E-state index contributed by atoms with van der Waals surface area (Å²) in [5.74, 6) is -0.0534. The SMILES string of the molecule is CC(C)[C@H]1CNC[C@H]1C(=O)O. The summed E-state index contributed by atoms with van der Waals surface area (Å²) in [5, 5.41) is 11.9. The number of carbonyl (C=O) groups is 1. The maximum absolute atomic E-state index is 10.7. The summed E-state index contributed by atoms with van der Waals surface area (Å²) in [5.41, 5.74) is 0. The zero-order valence-corrected chi connectivity index (χ0v) is 7.00. The van der Waals surface area contributed by atoms with E-state index in [1.165, 1.54) is 0 Å². The van der Waals surface area contributed by atoms with Gasteiger partial charge in [0.1, 0.15) is 0 Å². The minimum absolute atomic E-state index is 0.171. The number of rotatable bonds is 2. The topological polar surface area (TPSA) is 49.3 Å². The van der Waals surface area contributed by atoms with Gasteiger partial charge in [0.15, 0.2) is 0 Å². The first-order chi connectivity index (χ1) is 5.13. The van der Waals surface area contributed by atoms with Gasteiger partial charge in [-0.1, -0.05) is 13.8 Å². The van der Waals surface area contributed by atoms with E-state index in [0.29, 0.717) is 18.4 Å². The summed E-state index contributed by atoms with van der Waals surface area (Å²) >= 11 is 0. The molecule has 0 aromatic heterocycles. The summed E-state index contributed by atoms with van der Waals surface area (Å²) in [6.45, 7) is 5.65. The molecular formula is C8H15NO2. The van der Waals surface area contributed by atoms with Crippen molar-refractivity contribution in [3.05, 3.63) is 0 Å². The third-order valence-corrected chi connectivity index (χ3v) is 2.43. The predicted molar refractivity (Wildman–Crippen MR) is 42.3 cm³/mol. The molecule has 1 aliphatic rings. The average molecular weight is 157 g/mol. The molecule has 0 aliphatic carbocycles. The highest BCUT2D eigenvalue weighted by Crippen LogP contribution is 2.24. The Bertz CT molecular complexity index is 156. The first-order valence-corrected chi connectivity index (χ1v) is 4.06. The third-order valence-electron chi connectivity index (χ3n) is 2.43. The van der Waals surface area contributed by atoms with Gasteiger partial charge in [-0.05, 0) is 18.4 Å². The minimum Gasteiger partial charge on any atom is -0.481 e. The van der Waals surface area contributed by atoms with Crippen LogP contribution in [0, 0.1) is 17.8 Å². The smallest absolute Gasteiger partial charge is 0.308 e. The highest BCUT2D eigenvalue weighted by atomic mass is 16.4. The molecule has 64 valence electrons. The summed E-state index contributed by atoms with van der Waals surface area (Å²) in [7, 11) is 0. The maximum Gasteiger partial charge on any atom is 0.308 e. The van der Waals surface area contributed by atoms with Gasteiger partial charge in [0.05, 0.1) is 5.92 Å². The molecule has 1 aliphatic heterocycles. The first-order valence-electron chi connectivity index (χ1n) is 4.06. The molecule has 0 radical (unpaired) electrons. The van der Waals surface area contributed by atoms with E-state index in [4.69, 9.17) is 5.11 Å². The van der Waals surface area contributed by atoms with Crippen molar-refractivity contribution in [2.45, 2.75) is 13.8 Å². The van der Waals surface area contributed by atoms with Crippen molar-refractivity contribution >= 4 is 5.97 Å². The summed E-state index contributed by atoms with van der Waals surface area (Å²) in [6.07, 6.45) is 0. The Balaban J connectivity index is 2.58. The normalized spacial score (nSPS) is 31.2. The highest BCUT2D eigenvalue weighted by molar-refractivity contribution is 5.71. The molecule has 3 heteroatoms. The van der Waals surface area contributed by atoms with Gasteiger partial charge < -0.3 is 10.4 Å². The maximum atomic E-state index is 10.7. The molecule has 0 bridgehead atoms. The molecule has 1 heterocycles. The van der Waals surface area contributed by atoms with Crippen molar-refractivity contribution in [1.29, 1.82) is 0 Å². The molecule has 3 nitrogen and oxygen atoms in total. The number of carboxylic acid groups (broad SMARTS) is 1. The van der Waals surface area contributed by atoms with Gasteiger partial charge in [0.25, 0.3) is 0 Å². The quantitative estimate of drug-likeness (QED) is 0.616. The van der Waals surface area contributed by atoms with Gasteiger partial charge in [0.2, 0.25) is 0 Å². The summed E-state index contributed by atoms with van der Waals surface area (Å²) in [6, 6.07) is 0. The predicted octanol–water partition coefficient (Wildman–Crippen LogP) is 0.563. The van der Waals surface area contributed by atoms with Crippen LogP contribution in [0.1, 0.15) is 13.8 Å². The Morgan fingerprint density at radius 2 is 2.18 bits per heavy atom. The second-order valence-corrected chi connectivity index (χ2v) is 3.51. The highest BCUT2D eigenvalue weighted by Gasteiger charge is 2.34. The van der Waals surface area contributed by atoms with Crippen LogP contribution in [0.15, 0.2) is 0 Å². The lowest BCUT2D eigenvalue weighted by molar-refractivity contribution is -0.142. The fourth-order valence-corrected chi connectivity index (χ4v) is 1.67. The molecule has 0 unspecified atom stereocenters. The van der Waals surface area contributed by atoms with Gasteiger partial charge in [-0.25, -0.2) is 0 Å². The van der Waals surface area contributed by atoms with Gasteiger partial charge in [-0.2, -0.15) is 0 Å². The number of aliphatic carboxylic acids is 1. The van der Waals surface area contributed by atoms with E-state index in [0.717, 1.165) is 6.54 Å². The Hall–Kier alpha value is -0.570. The lowest BCUT2D eigenvalue weighted by atomic mass is 9.86. The van der Waals surface area contributed by atoms with E-state index in [1.54, 1.807) is 0 Å². The second-order valence-electron chi connectivity index (χ2n) is 3.51. The average Bonchev–Trinajstić information content (AvgIpc) is 2.32. The number of nitrogens with one attached hydrogen (secondary N) is 1. The van der Waals surface area contributed by atoms with Crippen LogP contribution in [0.4, 0.5) is 0 Å². The molecule has 1 fully saturated rings. The monoisotopic (exact) mass is 157 g/mol. The van der Waals surface area contributed by atoms with Crippen molar-refractivity contribution in [1.82, 2.24) is 5.32 Å². The van der Waals surface area contributed by atoms with Gasteiger partial charge in [0, 0.05) is 6.54 Å². The van der Waals surface area contributed by atoms with E-state index in [2.05, 4.69) is 19.2 Å². The molecule has 0 aromatic carbocycles. The fraction of sp³-hybridized carbons (Fsp3) is 0.875. The van der Waals surface area contributed by atoms with Gasteiger partial charge in [-0.15, -0.1) is 0 Å². The molecule has 0 saturated carbocycles. The van der Waals surface area contributed by atoms with E-state index in [-0.39, 0.29) is 5.92 Å². The minimum atomic E-state index is -0.659. The second kappa shape index (κ2) is 3.22. The van der Waals surface area contributed by atoms with Crippen molar-refractivity contribution < 1.29 is 9.90 Å². The first kappa shape index (κ1) is 8.53. The molecule has 1 rings (SSSR count). The fourth-order valence-electron chi connectivity index (χ4n) is 1.67. The molecule has 1 saturated heterocycles. The van der Waals surface area contributed by atoms with E-state index in [1.807, 2.05) is 0 Å². The largest absolute Gasteiger partial charge is 0.481 e. The van der Waals surface area contributed by atoms with Crippen LogP contribution >= 0.6 is 0 Å². The van der Waals surface area contributed by atoms with Crippen LogP contribution in [-0.4, -0.2) is 24.2 Å². The lowest BCUT2D eigenvalue weighted by Gasteiger charge is -2.17. The number of hydrogen-bond donors (Lipinski definition) is 2. The van der Waals surface area contributed by atoms with Crippen molar-refractivity contribution in [3.63, 3.8) is 0 Å². The van der Waals surface area contributed by atoms with Gasteiger partial charge >= 0.3 is 5.97 Å². The molecular weight excluding hydrogens is 142 g/mol. The molecule has 0 amide bonds. The van der Waals surface area contributed by atoms with Crippen LogP contribution in [0.5, 0.6) is 0 Å². The number of carboxylic acids is 1. The van der Waals surface area contributed by atoms with Crippen molar-refractivity contribution in [2.75, 3.05) is 13.1 Å². The van der Waals surface area contributed by atoms with E-state index >= 15 is 0 Å². The van der Waals surface area contributed by atoms with Crippen molar-refractivity contribution in [2.24, 2.45) is 17.8 Å². The van der Waals surface area contributed by atoms with Crippen LogP contribution in [0.3, 0.4) is 0 Å². The van der Waals surface area contributed by atoms with E-state index < -0.39 is 5.97 Å². The molecule has 11 heavy (non-hydrogen) atoms. The third kappa shape index (κ3) is 1.71. The summed E-state index contributed by atoms with van der Waals surface area (Å²) in [4.78, 5) is 10.7. The molecule has 2 atom stereocenters. The Morgan fingerprint density at radius 1 is 1.55 bits per heavy atom. The van der Waals surface area contributed by atoms with Crippen LogP contribution < -0.4 is 5.32 Å². The van der Waals surface area contributed by atoms with E-state index in [9.17, 15) is 4.79 Å². The Morgan fingerprint density at radius 3 is 2.55 bits per heavy atom. The molecule has 0 spiro atoms. The molecule has 2 N–H and O–H groups in total. The van der Waals surface area contributed by atoms with Crippen LogP contribution in [-0.2, 0) is 4.79 Å². The zero-order chi connectivity index (χ0) is 8.43. The Kier molecular flexibility index (Phi) is 2.49. The number of hydrogen-bond acceptors (Lipinski definition) is 2. The molecule has 0 aromatic rings. The van der Waals surface area contributed by atoms with Crippen LogP contribution in [0.2, 0.25) is 0 Å². The van der Waals surface area contributed by atoms with Crippen LogP contribution in [0.25, 0.3) is 0 Å².